The molecule has 0 radical (unpaired) electrons. The Morgan fingerprint density at radius 1 is 0.360 bits per heavy atom. The van der Waals surface area contributed by atoms with Gasteiger partial charge >= 0.3 is 17.9 Å². The monoisotopic (exact) mass is 1230 g/mol. The number of aryl methyl sites for hydroxylation is 1. The summed E-state index contributed by atoms with van der Waals surface area (Å²) in [5, 5.41) is 42.8. The van der Waals surface area contributed by atoms with Crippen molar-refractivity contribution in [1.82, 2.24) is 21.3 Å². The van der Waals surface area contributed by atoms with E-state index in [0.29, 0.717) is 27.8 Å². The molecule has 4 atom stereocenters. The van der Waals surface area contributed by atoms with Crippen molar-refractivity contribution < 1.29 is 63.4 Å². The van der Waals surface area contributed by atoms with Crippen LogP contribution in [0.25, 0.3) is 0 Å². The van der Waals surface area contributed by atoms with Crippen LogP contribution in [0.5, 0.6) is 0 Å². The minimum absolute atomic E-state index is 0.0275. The van der Waals surface area contributed by atoms with E-state index in [1.54, 1.807) is 42.5 Å². The van der Waals surface area contributed by atoms with Gasteiger partial charge in [0.25, 0.3) is 0 Å². The molecule has 26 heteroatoms. The van der Waals surface area contributed by atoms with Gasteiger partial charge in [-0.1, -0.05) is 42.0 Å². The highest BCUT2D eigenvalue weighted by Crippen LogP contribution is 2.41. The second-order valence-electron chi connectivity index (χ2n) is 20.4. The topological polar surface area (TPSA) is 346 Å². The van der Waals surface area contributed by atoms with E-state index in [2.05, 4.69) is 21.3 Å². The molecule has 7 N–H and O–H groups in total. The van der Waals surface area contributed by atoms with E-state index >= 15 is 0 Å². The second kappa shape index (κ2) is 20.0. The fourth-order valence-corrected chi connectivity index (χ4v) is 16.1. The summed E-state index contributed by atoms with van der Waals surface area (Å²) < 4.78 is 115. The molecule has 0 aliphatic carbocycles. The van der Waals surface area contributed by atoms with Crippen molar-refractivity contribution in [2.75, 3.05) is 0 Å². The molecule has 0 saturated heterocycles. The van der Waals surface area contributed by atoms with Gasteiger partial charge in [-0.2, -0.15) is 0 Å². The Hall–Kier alpha value is -10.2. The van der Waals surface area contributed by atoms with Crippen molar-refractivity contribution in [3.63, 3.8) is 0 Å². The molecule has 5 aliphatic heterocycles. The number of sulfone groups is 4. The highest BCUT2D eigenvalue weighted by atomic mass is 32.2. The number of fused-ring (bicyclic) bond motifs is 18. The highest BCUT2D eigenvalue weighted by molar-refractivity contribution is 7.92. The molecule has 8 bridgehead atoms. The van der Waals surface area contributed by atoms with Crippen LogP contribution in [0.1, 0.15) is 106 Å². The molecule has 0 spiro atoms. The normalized spacial score (nSPS) is 18.2. The number of nitrogens with zero attached hydrogens (tertiary/aromatic N) is 4. The van der Waals surface area contributed by atoms with E-state index < -0.39 is 97.9 Å². The fraction of sp³-hybridized carbons (Fsp3) is 0.0833. The Bertz CT molecular complexity index is 4980. The van der Waals surface area contributed by atoms with Crippen LogP contribution in [0.4, 0.5) is 0 Å². The molecule has 4 unspecified atom stereocenters. The van der Waals surface area contributed by atoms with Gasteiger partial charge in [0.15, 0.2) is 6.17 Å². The van der Waals surface area contributed by atoms with Crippen LogP contribution >= 0.6 is 0 Å². The number of rotatable bonds is 11. The summed E-state index contributed by atoms with van der Waals surface area (Å²) in [6.07, 6.45) is -4.67. The lowest BCUT2D eigenvalue weighted by atomic mass is 10.0. The molecule has 0 amide bonds. The molecular weight excluding hydrogens is 1180 g/mol. The SMILES string of the molecule is Cc1ccc(S(=O)(=O)c2ccc3c(c2)C2N=C4NC(NC5=NC(NC6=NC(N=C3N2)c2cc(S(=O)(=O)c3ccc(C(=O)O)c(C(=O)O)c3)ccc26)c2cc(S(=O)(=O)c3cccc(C(=O)O)c3)ccc25)c2cc(S(=O)(=O)c3ccccc3)ccc24)cc1. The zero-order valence-electron chi connectivity index (χ0n) is 44.2. The van der Waals surface area contributed by atoms with Crippen LogP contribution in [-0.2, 0) is 39.3 Å². The molecule has 5 aliphatic rings. The van der Waals surface area contributed by atoms with Gasteiger partial charge in [-0.05, 0) is 140 Å². The molecule has 0 fully saturated rings. The van der Waals surface area contributed by atoms with Crippen molar-refractivity contribution >= 4 is 80.6 Å². The van der Waals surface area contributed by atoms with Crippen LogP contribution in [0, 0.1) is 6.92 Å². The number of hydrogen-bond acceptors (Lipinski definition) is 19. The molecule has 13 rings (SSSR count). The fourth-order valence-electron chi connectivity index (χ4n) is 10.8. The van der Waals surface area contributed by atoms with Crippen LogP contribution in [0.15, 0.2) is 229 Å². The third kappa shape index (κ3) is 9.16. The van der Waals surface area contributed by atoms with Crippen LogP contribution in [-0.4, -0.2) is 90.2 Å². The lowest BCUT2D eigenvalue weighted by molar-refractivity contribution is 0.0651. The maximum Gasteiger partial charge on any atom is 0.336 e. The minimum atomic E-state index is -4.63. The first-order valence-corrected chi connectivity index (χ1v) is 31.9. The first-order chi connectivity index (χ1) is 41.0. The van der Waals surface area contributed by atoms with Gasteiger partial charge in [-0.15, -0.1) is 0 Å². The molecule has 8 aromatic rings. The third-order valence-electron chi connectivity index (χ3n) is 15.2. The molecule has 5 heterocycles. The number of amidine groups is 4. The number of aliphatic imine (C=N–C) groups is 4. The van der Waals surface area contributed by atoms with Crippen LogP contribution in [0.3, 0.4) is 0 Å². The molecular formula is C60H42N8O14S4. The summed E-state index contributed by atoms with van der Waals surface area (Å²) in [4.78, 5) is 54.9. The van der Waals surface area contributed by atoms with Gasteiger partial charge in [-0.3, -0.25) is 0 Å². The average Bonchev–Trinajstić information content (AvgIpc) is 2.06. The van der Waals surface area contributed by atoms with Gasteiger partial charge < -0.3 is 36.6 Å². The van der Waals surface area contributed by atoms with Crippen molar-refractivity contribution in [2.24, 2.45) is 20.0 Å². The zero-order chi connectivity index (χ0) is 60.4. The smallest absolute Gasteiger partial charge is 0.336 e. The van der Waals surface area contributed by atoms with Crippen molar-refractivity contribution in [2.45, 2.75) is 70.8 Å². The number of nitrogens with one attached hydrogen (secondary N) is 4. The number of aromatic carboxylic acids is 3. The number of hydrogen-bond donors (Lipinski definition) is 7. The molecule has 0 saturated carbocycles. The predicted molar refractivity (Wildman–Crippen MR) is 309 cm³/mol. The summed E-state index contributed by atoms with van der Waals surface area (Å²) in [7, 11) is -17.3. The lowest BCUT2D eigenvalue weighted by Crippen LogP contribution is -2.36. The molecule has 0 aromatic heterocycles. The predicted octanol–water partition coefficient (Wildman–Crippen LogP) is 6.93. The second-order valence-corrected chi connectivity index (χ2v) is 28.2. The Balaban J connectivity index is 1.01. The largest absolute Gasteiger partial charge is 0.478 e. The summed E-state index contributed by atoms with van der Waals surface area (Å²) in [6, 6.07) is 38.7. The van der Waals surface area contributed by atoms with E-state index in [1.165, 1.54) is 103 Å². The average molecular weight is 1230 g/mol. The molecule has 86 heavy (non-hydrogen) atoms. The van der Waals surface area contributed by atoms with Gasteiger partial charge in [0.05, 0.1) is 55.9 Å². The third-order valence-corrected chi connectivity index (χ3v) is 22.2. The van der Waals surface area contributed by atoms with Gasteiger partial charge in [-0.25, -0.2) is 68.0 Å². The van der Waals surface area contributed by atoms with E-state index in [9.17, 15) is 63.4 Å². The molecule has 430 valence electrons. The van der Waals surface area contributed by atoms with E-state index in [-0.39, 0.29) is 79.9 Å². The van der Waals surface area contributed by atoms with Gasteiger partial charge in [0.1, 0.15) is 41.8 Å². The first kappa shape index (κ1) is 55.1. The van der Waals surface area contributed by atoms with Crippen molar-refractivity contribution in [3.05, 3.63) is 237 Å². The van der Waals surface area contributed by atoms with E-state index in [4.69, 9.17) is 20.0 Å². The number of benzene rings is 8. The van der Waals surface area contributed by atoms with Crippen molar-refractivity contribution in [3.8, 4) is 0 Å². The number of carboxylic acids is 3. The standard InChI is InChI=1S/C60H42N8O14S4/c1-30-10-12-33(13-11-30)84(77,78)36-15-20-41-46(26-36)55-62-50-40-19-14-35(83(75,76)32-7-3-2-4-8-32)25-45(40)54(61-50)64-52-42-21-16-37(85(79,80)34-9-5-6-31(24-34)58(69)70)27-47(42)56(66-52)67-53-43-22-17-38(28-48(43)57(68-53)65-51(41)63-55)86(81,82)39-18-23-44(59(71)72)49(29-39)60(73)74/h2-29,54-57H,1H3,(H,61,62)(H,63,65)(H,64,66)(H,67,68)(H,69,70)(H,71,72)(H,73,74). The van der Waals surface area contributed by atoms with E-state index in [1.807, 2.05) is 6.92 Å². The quantitative estimate of drug-likeness (QED) is 0.0690. The Kier molecular flexibility index (Phi) is 12.8. The Morgan fingerprint density at radius 3 is 1.24 bits per heavy atom. The van der Waals surface area contributed by atoms with Crippen molar-refractivity contribution in [1.29, 1.82) is 0 Å². The highest BCUT2D eigenvalue weighted by Gasteiger charge is 2.40. The van der Waals surface area contributed by atoms with Gasteiger partial charge in [0.2, 0.25) is 39.3 Å². The van der Waals surface area contributed by atoms with E-state index in [0.717, 1.165) is 29.8 Å². The molecule has 8 aromatic carbocycles. The summed E-state index contributed by atoms with van der Waals surface area (Å²) >= 11 is 0. The number of carbonyl (C=O) groups is 3. The maximum atomic E-state index is 14.5. The van der Waals surface area contributed by atoms with Gasteiger partial charge in [0, 0.05) is 44.5 Å². The number of carboxylic acid groups (broad SMARTS) is 3. The maximum absolute atomic E-state index is 14.5. The zero-order valence-corrected chi connectivity index (χ0v) is 47.5. The summed E-state index contributed by atoms with van der Waals surface area (Å²) in [5.41, 5.74) is 1.75. The first-order valence-electron chi connectivity index (χ1n) is 26.0. The summed E-state index contributed by atoms with van der Waals surface area (Å²) in [6.45, 7) is 1.82. The Labute approximate surface area is 489 Å². The minimum Gasteiger partial charge on any atom is -0.478 e. The van der Waals surface area contributed by atoms with Crippen LogP contribution < -0.4 is 21.3 Å². The molecule has 22 nitrogen and oxygen atoms in total. The summed E-state index contributed by atoms with van der Waals surface area (Å²) in [5.74, 6) is -4.07. The lowest BCUT2D eigenvalue weighted by Gasteiger charge is -2.18. The Morgan fingerprint density at radius 2 is 0.744 bits per heavy atom. The van der Waals surface area contributed by atoms with Crippen LogP contribution in [0.2, 0.25) is 0 Å².